The van der Waals surface area contributed by atoms with Crippen LogP contribution >= 0.6 is 0 Å². The number of likely N-dealkylation sites (tertiary alicyclic amines) is 2. The van der Waals surface area contributed by atoms with Crippen LogP contribution in [0.1, 0.15) is 22.1 Å². The molecule has 2 aliphatic heterocycles. The molecule has 1 amide bonds. The van der Waals surface area contributed by atoms with E-state index in [2.05, 4.69) is 16.9 Å². The average molecular weight is 373 g/mol. The number of rotatable bonds is 3. The Kier molecular flexibility index (Phi) is 4.55. The number of hydrogen-bond acceptors (Lipinski definition) is 4. The highest BCUT2D eigenvalue weighted by atomic mass is 19.1. The molecule has 0 aliphatic carbocycles. The van der Waals surface area contributed by atoms with Crippen molar-refractivity contribution in [3.05, 3.63) is 59.4 Å². The number of ether oxygens (including phenoxy) is 1. The fourth-order valence-corrected chi connectivity index (χ4v) is 4.45. The second kappa shape index (κ2) is 6.88. The maximum atomic E-state index is 13.9. The third-order valence-corrected chi connectivity index (χ3v) is 5.65. The lowest BCUT2D eigenvalue weighted by atomic mass is 9.89. The van der Waals surface area contributed by atoms with Crippen molar-refractivity contribution in [1.29, 1.82) is 0 Å². The minimum atomic E-state index is -0.916. The lowest BCUT2D eigenvalue weighted by molar-refractivity contribution is 0.0756. The van der Waals surface area contributed by atoms with E-state index in [9.17, 15) is 13.6 Å². The Hall–Kier alpha value is -2.54. The normalized spacial score (nSPS) is 24.9. The molecule has 2 saturated heterocycles. The molecule has 1 aromatic carbocycles. The van der Waals surface area contributed by atoms with Gasteiger partial charge in [-0.1, -0.05) is 12.1 Å². The van der Waals surface area contributed by atoms with Crippen molar-refractivity contribution < 1.29 is 18.3 Å². The quantitative estimate of drug-likeness (QED) is 0.830. The molecule has 5 nitrogen and oxygen atoms in total. The number of pyridine rings is 1. The van der Waals surface area contributed by atoms with Crippen LogP contribution in [0.4, 0.5) is 8.78 Å². The Bertz CT molecular complexity index is 859. The van der Waals surface area contributed by atoms with E-state index in [1.807, 2.05) is 24.3 Å². The molecule has 2 fully saturated rings. The van der Waals surface area contributed by atoms with E-state index in [1.165, 1.54) is 5.56 Å². The number of halogens is 2. The third-order valence-electron chi connectivity index (χ3n) is 5.65. The summed E-state index contributed by atoms with van der Waals surface area (Å²) in [5, 5.41) is 0. The largest absolute Gasteiger partial charge is 0.497 e. The maximum absolute atomic E-state index is 13.9. The van der Waals surface area contributed by atoms with E-state index in [0.29, 0.717) is 25.1 Å². The van der Waals surface area contributed by atoms with Crippen molar-refractivity contribution in [2.24, 2.45) is 11.8 Å². The Labute approximate surface area is 156 Å². The lowest BCUT2D eigenvalue weighted by Crippen LogP contribution is -2.34. The summed E-state index contributed by atoms with van der Waals surface area (Å²) in [6.07, 6.45) is 0.876. The Morgan fingerprint density at radius 1 is 1.19 bits per heavy atom. The van der Waals surface area contributed by atoms with E-state index >= 15 is 0 Å². The minimum Gasteiger partial charge on any atom is -0.497 e. The molecule has 27 heavy (non-hydrogen) atoms. The zero-order valence-electron chi connectivity index (χ0n) is 15.2. The zero-order chi connectivity index (χ0) is 19.1. The van der Waals surface area contributed by atoms with Gasteiger partial charge in [-0.3, -0.25) is 9.69 Å². The van der Waals surface area contributed by atoms with E-state index < -0.39 is 17.5 Å². The molecule has 0 saturated carbocycles. The van der Waals surface area contributed by atoms with E-state index in [0.717, 1.165) is 18.5 Å². The maximum Gasteiger partial charge on any atom is 0.275 e. The molecule has 0 bridgehead atoms. The van der Waals surface area contributed by atoms with Gasteiger partial charge in [0.25, 0.3) is 5.91 Å². The van der Waals surface area contributed by atoms with Gasteiger partial charge in [-0.15, -0.1) is 0 Å². The number of amides is 1. The smallest absolute Gasteiger partial charge is 0.275 e. The first-order chi connectivity index (χ1) is 13.0. The van der Waals surface area contributed by atoms with Crippen LogP contribution in [0.5, 0.6) is 5.75 Å². The highest BCUT2D eigenvalue weighted by Gasteiger charge is 2.47. The van der Waals surface area contributed by atoms with Crippen LogP contribution in [0.25, 0.3) is 0 Å². The van der Waals surface area contributed by atoms with Crippen molar-refractivity contribution in [2.45, 2.75) is 6.04 Å². The molecule has 142 valence electrons. The van der Waals surface area contributed by atoms with E-state index in [4.69, 9.17) is 4.74 Å². The van der Waals surface area contributed by atoms with Crippen molar-refractivity contribution in [3.63, 3.8) is 0 Å². The van der Waals surface area contributed by atoms with Crippen LogP contribution in [0, 0.1) is 23.5 Å². The third kappa shape index (κ3) is 3.16. The number of fused-ring (bicyclic) bond motifs is 1. The van der Waals surface area contributed by atoms with Gasteiger partial charge >= 0.3 is 0 Å². The number of carbonyl (C=O) groups excluding carboxylic acids is 1. The number of benzene rings is 1. The number of methoxy groups -OCH3 is 1. The Balaban J connectivity index is 1.54. The standard InChI is InChI=1S/C20H21F2N3O2/c1-24-9-13-10-25(20(26)18-17(22)7-14(21)8-23-18)11-16(13)19(24)12-3-5-15(27-2)6-4-12/h3-8,13,16,19H,9-11H2,1-2H3/t13-,16+,19-/m0/s1. The predicted octanol–water partition coefficient (Wildman–Crippen LogP) is 2.74. The van der Waals surface area contributed by atoms with Gasteiger partial charge in [0.2, 0.25) is 0 Å². The lowest BCUT2D eigenvalue weighted by Gasteiger charge is -2.27. The van der Waals surface area contributed by atoms with Crippen molar-refractivity contribution in [1.82, 2.24) is 14.8 Å². The monoisotopic (exact) mass is 373 g/mol. The molecule has 2 aromatic rings. The van der Waals surface area contributed by atoms with Gasteiger partial charge < -0.3 is 9.64 Å². The van der Waals surface area contributed by atoms with Crippen LogP contribution in [-0.4, -0.2) is 54.5 Å². The fraction of sp³-hybridized carbons (Fsp3) is 0.400. The van der Waals surface area contributed by atoms with Crippen molar-refractivity contribution in [3.8, 4) is 5.75 Å². The molecule has 4 rings (SSSR count). The molecular weight excluding hydrogens is 352 g/mol. The molecule has 0 N–H and O–H groups in total. The molecule has 3 heterocycles. The van der Waals surface area contributed by atoms with Crippen molar-refractivity contribution >= 4 is 5.91 Å². The number of aromatic nitrogens is 1. The van der Waals surface area contributed by atoms with Gasteiger partial charge in [0.15, 0.2) is 11.5 Å². The summed E-state index contributed by atoms with van der Waals surface area (Å²) in [6, 6.07) is 8.86. The summed E-state index contributed by atoms with van der Waals surface area (Å²) in [6.45, 7) is 1.95. The first-order valence-corrected chi connectivity index (χ1v) is 8.92. The first kappa shape index (κ1) is 17.9. The van der Waals surface area contributed by atoms with Crippen LogP contribution < -0.4 is 4.74 Å². The number of hydrogen-bond donors (Lipinski definition) is 0. The van der Waals surface area contributed by atoms with Gasteiger partial charge in [0.1, 0.15) is 11.6 Å². The summed E-state index contributed by atoms with van der Waals surface area (Å²) in [4.78, 5) is 20.3. The molecule has 2 aliphatic rings. The fourth-order valence-electron chi connectivity index (χ4n) is 4.45. The molecule has 7 heteroatoms. The van der Waals surface area contributed by atoms with E-state index in [-0.39, 0.29) is 17.7 Å². The highest BCUT2D eigenvalue weighted by molar-refractivity contribution is 5.92. The van der Waals surface area contributed by atoms with Gasteiger partial charge in [-0.05, 0) is 30.7 Å². The van der Waals surface area contributed by atoms with Crippen LogP contribution in [0.2, 0.25) is 0 Å². The molecule has 3 atom stereocenters. The molecule has 0 unspecified atom stereocenters. The average Bonchev–Trinajstić information content (AvgIpc) is 3.18. The summed E-state index contributed by atoms with van der Waals surface area (Å²) in [5.74, 6) is -0.801. The molecule has 0 radical (unpaired) electrons. The zero-order valence-corrected chi connectivity index (χ0v) is 15.2. The Morgan fingerprint density at radius 2 is 1.93 bits per heavy atom. The Morgan fingerprint density at radius 3 is 2.59 bits per heavy atom. The van der Waals surface area contributed by atoms with E-state index in [1.54, 1.807) is 12.0 Å². The second-order valence-corrected chi connectivity index (χ2v) is 7.28. The molecule has 0 spiro atoms. The summed E-state index contributed by atoms with van der Waals surface area (Å²) < 4.78 is 32.2. The highest BCUT2D eigenvalue weighted by Crippen LogP contribution is 2.44. The number of carbonyl (C=O) groups is 1. The summed E-state index contributed by atoms with van der Waals surface area (Å²) in [7, 11) is 3.72. The topological polar surface area (TPSA) is 45.7 Å². The van der Waals surface area contributed by atoms with Crippen LogP contribution in [0.15, 0.2) is 36.5 Å². The van der Waals surface area contributed by atoms with Crippen molar-refractivity contribution in [2.75, 3.05) is 33.8 Å². The van der Waals surface area contributed by atoms with Gasteiger partial charge in [0.05, 0.1) is 13.3 Å². The SMILES string of the molecule is COc1ccc([C@H]2[C@@H]3CN(C(=O)c4ncc(F)cc4F)C[C@@H]3CN2C)cc1. The first-order valence-electron chi connectivity index (χ1n) is 8.92. The predicted molar refractivity (Wildman–Crippen MR) is 95.4 cm³/mol. The second-order valence-electron chi connectivity index (χ2n) is 7.28. The molecular formula is C20H21F2N3O2. The van der Waals surface area contributed by atoms with Gasteiger partial charge in [-0.2, -0.15) is 0 Å². The van der Waals surface area contributed by atoms with Crippen LogP contribution in [0.3, 0.4) is 0 Å². The summed E-state index contributed by atoms with van der Waals surface area (Å²) >= 11 is 0. The molecule has 1 aromatic heterocycles. The minimum absolute atomic E-state index is 0.185. The number of nitrogens with zero attached hydrogens (tertiary/aromatic N) is 3. The van der Waals surface area contributed by atoms with Crippen LogP contribution in [-0.2, 0) is 0 Å². The summed E-state index contributed by atoms with van der Waals surface area (Å²) in [5.41, 5.74) is 0.858. The van der Waals surface area contributed by atoms with Gasteiger partial charge in [0, 0.05) is 37.7 Å². The van der Waals surface area contributed by atoms with Gasteiger partial charge in [-0.25, -0.2) is 13.8 Å².